The van der Waals surface area contributed by atoms with E-state index in [9.17, 15) is 9.90 Å². The largest absolute Gasteiger partial charge is 0.480 e. The summed E-state index contributed by atoms with van der Waals surface area (Å²) in [6, 6.07) is 7.33. The number of carboxylic acid groups (broad SMARTS) is 1. The van der Waals surface area contributed by atoms with Crippen molar-refractivity contribution in [3.63, 3.8) is 0 Å². The van der Waals surface area contributed by atoms with E-state index < -0.39 is 11.5 Å². The van der Waals surface area contributed by atoms with Crippen molar-refractivity contribution in [3.8, 4) is 0 Å². The van der Waals surface area contributed by atoms with E-state index in [2.05, 4.69) is 12.2 Å². The Labute approximate surface area is 125 Å². The van der Waals surface area contributed by atoms with Crippen molar-refractivity contribution in [3.05, 3.63) is 29.3 Å². The summed E-state index contributed by atoms with van der Waals surface area (Å²) in [5, 5.41) is 13.4. The predicted octanol–water partition coefficient (Wildman–Crippen LogP) is 4.57. The molecule has 20 heavy (non-hydrogen) atoms. The zero-order chi connectivity index (χ0) is 14.6. The number of carboxylic acids is 1. The van der Waals surface area contributed by atoms with Gasteiger partial charge in [0.1, 0.15) is 5.54 Å². The molecule has 1 aliphatic rings. The van der Waals surface area contributed by atoms with Crippen molar-refractivity contribution in [1.29, 1.82) is 0 Å². The minimum Gasteiger partial charge on any atom is -0.480 e. The van der Waals surface area contributed by atoms with E-state index in [0.717, 1.165) is 12.8 Å². The van der Waals surface area contributed by atoms with Crippen LogP contribution < -0.4 is 5.32 Å². The molecule has 0 atom stereocenters. The van der Waals surface area contributed by atoms with Crippen molar-refractivity contribution < 1.29 is 9.90 Å². The molecule has 0 aromatic heterocycles. The first-order valence-corrected chi connectivity index (χ1v) is 7.71. The van der Waals surface area contributed by atoms with Gasteiger partial charge in [-0.3, -0.25) is 0 Å². The molecule has 0 spiro atoms. The first-order valence-electron chi connectivity index (χ1n) is 7.33. The van der Waals surface area contributed by atoms with Crippen LogP contribution in [0.4, 0.5) is 5.69 Å². The summed E-state index contributed by atoms with van der Waals surface area (Å²) in [7, 11) is 0. The van der Waals surface area contributed by atoms with E-state index in [4.69, 9.17) is 11.6 Å². The van der Waals surface area contributed by atoms with Gasteiger partial charge >= 0.3 is 5.97 Å². The van der Waals surface area contributed by atoms with Gasteiger partial charge in [-0.25, -0.2) is 4.79 Å². The van der Waals surface area contributed by atoms with Crippen LogP contribution in [0.3, 0.4) is 0 Å². The Balaban J connectivity index is 2.12. The van der Waals surface area contributed by atoms with Crippen LogP contribution in [0.25, 0.3) is 0 Å². The van der Waals surface area contributed by atoms with Gasteiger partial charge < -0.3 is 10.4 Å². The molecule has 0 unspecified atom stereocenters. The Morgan fingerprint density at radius 2 is 2.05 bits per heavy atom. The Hall–Kier alpha value is -1.22. The van der Waals surface area contributed by atoms with Gasteiger partial charge in [-0.15, -0.1) is 0 Å². The van der Waals surface area contributed by atoms with Gasteiger partial charge in [-0.05, 0) is 43.7 Å². The van der Waals surface area contributed by atoms with Crippen LogP contribution in [-0.2, 0) is 4.79 Å². The summed E-state index contributed by atoms with van der Waals surface area (Å²) in [5.74, 6) is -0.104. The smallest absolute Gasteiger partial charge is 0.329 e. The van der Waals surface area contributed by atoms with Crippen LogP contribution in [0.2, 0.25) is 5.02 Å². The van der Waals surface area contributed by atoms with Crippen molar-refractivity contribution >= 4 is 23.3 Å². The third-order valence-electron chi connectivity index (χ3n) is 4.31. The molecule has 4 heteroatoms. The van der Waals surface area contributed by atoms with Gasteiger partial charge in [-0.1, -0.05) is 43.5 Å². The third-order valence-corrected chi connectivity index (χ3v) is 4.64. The van der Waals surface area contributed by atoms with E-state index in [1.807, 2.05) is 18.2 Å². The van der Waals surface area contributed by atoms with Crippen molar-refractivity contribution in [2.75, 3.05) is 5.32 Å². The second kappa shape index (κ2) is 6.49. The number of hydrogen-bond donors (Lipinski definition) is 2. The standard InChI is InChI=1S/C16H22ClNO2/c1-2-5-12-8-10-16(11-9-12,15(19)20)18-14-7-4-3-6-13(14)17/h3-4,6-7,12,18H,2,5,8-11H2,1H3,(H,19,20). The molecule has 1 aromatic rings. The first kappa shape index (κ1) is 15.2. The van der Waals surface area contributed by atoms with Crippen molar-refractivity contribution in [2.45, 2.75) is 51.0 Å². The number of aliphatic carboxylic acids is 1. The van der Waals surface area contributed by atoms with E-state index >= 15 is 0 Å². The molecule has 3 nitrogen and oxygen atoms in total. The number of rotatable bonds is 5. The fourth-order valence-corrected chi connectivity index (χ4v) is 3.26. The Morgan fingerprint density at radius 1 is 1.40 bits per heavy atom. The highest BCUT2D eigenvalue weighted by Crippen LogP contribution is 2.38. The summed E-state index contributed by atoms with van der Waals surface area (Å²) in [5.41, 5.74) is -0.152. The lowest BCUT2D eigenvalue weighted by Gasteiger charge is -2.38. The number of para-hydroxylation sites is 1. The van der Waals surface area contributed by atoms with Gasteiger partial charge in [0.25, 0.3) is 0 Å². The van der Waals surface area contributed by atoms with E-state index in [1.54, 1.807) is 6.07 Å². The van der Waals surface area contributed by atoms with Gasteiger partial charge in [-0.2, -0.15) is 0 Å². The van der Waals surface area contributed by atoms with Crippen molar-refractivity contribution in [2.24, 2.45) is 5.92 Å². The summed E-state index contributed by atoms with van der Waals surface area (Å²) >= 11 is 6.13. The summed E-state index contributed by atoms with van der Waals surface area (Å²) in [4.78, 5) is 11.8. The molecule has 0 saturated heterocycles. The van der Waals surface area contributed by atoms with Crippen LogP contribution in [-0.4, -0.2) is 16.6 Å². The minimum absolute atomic E-state index is 0.573. The van der Waals surface area contributed by atoms with Crippen LogP contribution in [0.1, 0.15) is 45.4 Å². The number of nitrogens with one attached hydrogen (secondary N) is 1. The molecule has 0 aliphatic heterocycles. The number of hydrogen-bond acceptors (Lipinski definition) is 2. The van der Waals surface area contributed by atoms with E-state index in [1.165, 1.54) is 12.8 Å². The summed E-state index contributed by atoms with van der Waals surface area (Å²) in [6.07, 6.45) is 5.64. The Morgan fingerprint density at radius 3 is 2.60 bits per heavy atom. The van der Waals surface area contributed by atoms with Crippen molar-refractivity contribution in [1.82, 2.24) is 0 Å². The molecule has 2 rings (SSSR count). The van der Waals surface area contributed by atoms with Gasteiger partial charge in [0, 0.05) is 0 Å². The minimum atomic E-state index is -0.866. The zero-order valence-electron chi connectivity index (χ0n) is 11.9. The van der Waals surface area contributed by atoms with Crippen LogP contribution in [0.15, 0.2) is 24.3 Å². The monoisotopic (exact) mass is 295 g/mol. The lowest BCUT2D eigenvalue weighted by molar-refractivity contribution is -0.143. The maximum Gasteiger partial charge on any atom is 0.329 e. The molecular weight excluding hydrogens is 274 g/mol. The molecule has 1 saturated carbocycles. The molecule has 1 aromatic carbocycles. The number of benzene rings is 1. The third kappa shape index (κ3) is 3.26. The zero-order valence-corrected chi connectivity index (χ0v) is 12.6. The van der Waals surface area contributed by atoms with Crippen LogP contribution >= 0.6 is 11.6 Å². The molecule has 0 amide bonds. The van der Waals surface area contributed by atoms with Gasteiger partial charge in [0.15, 0.2) is 0 Å². The summed E-state index contributed by atoms with van der Waals surface area (Å²) in [6.45, 7) is 2.18. The normalized spacial score (nSPS) is 26.2. The molecular formula is C16H22ClNO2. The summed E-state index contributed by atoms with van der Waals surface area (Å²) < 4.78 is 0. The SMILES string of the molecule is CCCC1CCC(Nc2ccccc2Cl)(C(=O)O)CC1. The Kier molecular flexibility index (Phi) is 4.92. The molecule has 0 bridgehead atoms. The second-order valence-corrected chi connectivity index (χ2v) is 6.13. The topological polar surface area (TPSA) is 49.3 Å². The first-order chi connectivity index (χ1) is 9.57. The van der Waals surface area contributed by atoms with Gasteiger partial charge in [0.05, 0.1) is 10.7 Å². The fourth-order valence-electron chi connectivity index (χ4n) is 3.08. The van der Waals surface area contributed by atoms with E-state index in [0.29, 0.717) is 29.5 Å². The highest BCUT2D eigenvalue weighted by atomic mass is 35.5. The predicted molar refractivity (Wildman–Crippen MR) is 82.3 cm³/mol. The molecule has 110 valence electrons. The Bertz CT molecular complexity index is 467. The second-order valence-electron chi connectivity index (χ2n) is 5.72. The maximum absolute atomic E-state index is 11.8. The number of halogens is 1. The van der Waals surface area contributed by atoms with Crippen LogP contribution in [0.5, 0.6) is 0 Å². The van der Waals surface area contributed by atoms with Gasteiger partial charge in [0.2, 0.25) is 0 Å². The lowest BCUT2D eigenvalue weighted by atomic mass is 9.75. The van der Waals surface area contributed by atoms with E-state index in [-0.39, 0.29) is 0 Å². The average molecular weight is 296 g/mol. The average Bonchev–Trinajstić information content (AvgIpc) is 2.44. The highest BCUT2D eigenvalue weighted by Gasteiger charge is 2.42. The lowest BCUT2D eigenvalue weighted by Crippen LogP contribution is -2.49. The highest BCUT2D eigenvalue weighted by molar-refractivity contribution is 6.33. The number of anilines is 1. The fraction of sp³-hybridized carbons (Fsp3) is 0.562. The molecule has 0 radical (unpaired) electrons. The molecule has 0 heterocycles. The quantitative estimate of drug-likeness (QED) is 0.837. The number of carbonyl (C=O) groups is 1. The molecule has 1 aliphatic carbocycles. The molecule has 1 fully saturated rings. The maximum atomic E-state index is 11.8. The molecule has 2 N–H and O–H groups in total. The van der Waals surface area contributed by atoms with Crippen LogP contribution in [0, 0.1) is 5.92 Å².